The van der Waals surface area contributed by atoms with E-state index >= 15 is 0 Å². The number of nitrogens with one attached hydrogen (secondary N) is 1. The first-order chi connectivity index (χ1) is 13.1. The van der Waals surface area contributed by atoms with E-state index in [1.807, 2.05) is 13.8 Å². The lowest BCUT2D eigenvalue weighted by Gasteiger charge is -2.16. The second kappa shape index (κ2) is 7.50. The molecule has 3 rings (SSSR count). The summed E-state index contributed by atoms with van der Waals surface area (Å²) in [7, 11) is 0. The minimum absolute atomic E-state index is 0.0514. The average Bonchev–Trinajstić information content (AvgIpc) is 2.93. The molecule has 1 aliphatic heterocycles. The van der Waals surface area contributed by atoms with Crippen molar-refractivity contribution >= 4 is 17.7 Å². The fourth-order valence-electron chi connectivity index (χ4n) is 2.94. The van der Waals surface area contributed by atoms with Gasteiger partial charge in [-0.25, -0.2) is 9.78 Å². The molecule has 28 heavy (non-hydrogen) atoms. The summed E-state index contributed by atoms with van der Waals surface area (Å²) in [6.07, 6.45) is 1.90. The number of anilines is 1. The number of fused-ring (bicyclic) bond motifs is 1. The zero-order chi connectivity index (χ0) is 20.5. The molecule has 2 heterocycles. The lowest BCUT2D eigenvalue weighted by atomic mass is 9.99. The van der Waals surface area contributed by atoms with Crippen molar-refractivity contribution < 1.29 is 24.2 Å². The number of hydrogen-bond donors (Lipinski definition) is 2. The van der Waals surface area contributed by atoms with E-state index in [1.54, 1.807) is 12.1 Å². The van der Waals surface area contributed by atoms with Crippen LogP contribution in [0.3, 0.4) is 0 Å². The molecule has 0 atom stereocenters. The topological polar surface area (TPSA) is 97.8 Å². The van der Waals surface area contributed by atoms with Crippen molar-refractivity contribution in [2.45, 2.75) is 39.7 Å². The van der Waals surface area contributed by atoms with Crippen LogP contribution >= 0.6 is 0 Å². The molecule has 1 aromatic heterocycles. The van der Waals surface area contributed by atoms with Crippen LogP contribution in [0.25, 0.3) is 0 Å². The van der Waals surface area contributed by atoms with Gasteiger partial charge in [0.15, 0.2) is 0 Å². The number of carbonyl (C=O) groups is 2. The smallest absolute Gasteiger partial charge is 0.337 e. The zero-order valence-electron chi connectivity index (χ0n) is 16.4. The molecule has 2 aromatic rings. The van der Waals surface area contributed by atoms with Gasteiger partial charge in [-0.1, -0.05) is 13.8 Å². The zero-order valence-corrected chi connectivity index (χ0v) is 16.4. The highest BCUT2D eigenvalue weighted by Gasteiger charge is 2.33. The number of aromatic nitrogens is 1. The predicted molar refractivity (Wildman–Crippen MR) is 104 cm³/mol. The number of aromatic carboxylic acids is 1. The lowest BCUT2D eigenvalue weighted by Crippen LogP contribution is -2.24. The molecule has 7 nitrogen and oxygen atoms in total. The van der Waals surface area contributed by atoms with Crippen LogP contribution in [-0.2, 0) is 6.42 Å². The first-order valence-electron chi connectivity index (χ1n) is 9.14. The Labute approximate surface area is 163 Å². The Kier molecular flexibility index (Phi) is 5.27. The number of carboxylic acid groups (broad SMARTS) is 1. The molecule has 148 valence electrons. The van der Waals surface area contributed by atoms with Gasteiger partial charge in [0.25, 0.3) is 5.91 Å². The van der Waals surface area contributed by atoms with Gasteiger partial charge < -0.3 is 19.9 Å². The fraction of sp³-hybridized carbons (Fsp3) is 0.381. The SMILES string of the molecule is CC(C)COc1cc(C(=O)Nc2ccc(C(=O)O)cn2)cc2c1CC(C)(C)O2. The molecule has 1 aliphatic rings. The molecule has 0 aliphatic carbocycles. The molecular formula is C21H24N2O5. The quantitative estimate of drug-likeness (QED) is 0.787. The normalized spacial score (nSPS) is 14.3. The molecule has 7 heteroatoms. The van der Waals surface area contributed by atoms with Crippen LogP contribution in [0.1, 0.15) is 54.0 Å². The maximum Gasteiger partial charge on any atom is 0.337 e. The Balaban J connectivity index is 1.85. The Bertz CT molecular complexity index is 904. The summed E-state index contributed by atoms with van der Waals surface area (Å²) < 4.78 is 11.9. The maximum atomic E-state index is 12.7. The third kappa shape index (κ3) is 4.42. The minimum Gasteiger partial charge on any atom is -0.493 e. The van der Waals surface area contributed by atoms with Crippen LogP contribution in [0.4, 0.5) is 5.82 Å². The van der Waals surface area contributed by atoms with Crippen molar-refractivity contribution in [1.29, 1.82) is 0 Å². The van der Waals surface area contributed by atoms with E-state index in [0.29, 0.717) is 36.0 Å². The third-order valence-corrected chi connectivity index (χ3v) is 4.24. The molecule has 0 saturated carbocycles. The number of ether oxygens (including phenoxy) is 2. The van der Waals surface area contributed by atoms with Crippen LogP contribution in [0.5, 0.6) is 11.5 Å². The molecule has 1 aromatic carbocycles. The summed E-state index contributed by atoms with van der Waals surface area (Å²) in [4.78, 5) is 27.6. The van der Waals surface area contributed by atoms with Gasteiger partial charge in [-0.15, -0.1) is 0 Å². The number of pyridine rings is 1. The van der Waals surface area contributed by atoms with Gasteiger partial charge in [0, 0.05) is 23.7 Å². The van der Waals surface area contributed by atoms with E-state index < -0.39 is 5.97 Å². The monoisotopic (exact) mass is 384 g/mol. The second-order valence-corrected chi connectivity index (χ2v) is 7.89. The van der Waals surface area contributed by atoms with E-state index in [1.165, 1.54) is 18.3 Å². The van der Waals surface area contributed by atoms with E-state index in [-0.39, 0.29) is 22.9 Å². The predicted octanol–water partition coefficient (Wildman–Crippen LogP) is 3.78. The summed E-state index contributed by atoms with van der Waals surface area (Å²) in [5.41, 5.74) is 1.04. The van der Waals surface area contributed by atoms with Gasteiger partial charge in [-0.3, -0.25) is 4.79 Å². The van der Waals surface area contributed by atoms with E-state index in [2.05, 4.69) is 24.1 Å². The number of carbonyl (C=O) groups excluding carboxylic acids is 1. The number of carboxylic acids is 1. The van der Waals surface area contributed by atoms with E-state index in [0.717, 1.165) is 5.56 Å². The minimum atomic E-state index is -1.07. The number of hydrogen-bond acceptors (Lipinski definition) is 5. The highest BCUT2D eigenvalue weighted by molar-refractivity contribution is 6.04. The average molecular weight is 384 g/mol. The van der Waals surface area contributed by atoms with Crippen molar-refractivity contribution in [3.05, 3.63) is 47.2 Å². The number of benzene rings is 1. The Morgan fingerprint density at radius 2 is 2.04 bits per heavy atom. The van der Waals surface area contributed by atoms with Gasteiger partial charge in [-0.2, -0.15) is 0 Å². The Morgan fingerprint density at radius 1 is 1.29 bits per heavy atom. The van der Waals surface area contributed by atoms with Crippen molar-refractivity contribution in [3.8, 4) is 11.5 Å². The van der Waals surface area contributed by atoms with Crippen molar-refractivity contribution in [3.63, 3.8) is 0 Å². The highest BCUT2D eigenvalue weighted by atomic mass is 16.5. The second-order valence-electron chi connectivity index (χ2n) is 7.89. The van der Waals surface area contributed by atoms with Crippen molar-refractivity contribution in [2.75, 3.05) is 11.9 Å². The largest absolute Gasteiger partial charge is 0.493 e. The van der Waals surface area contributed by atoms with Gasteiger partial charge in [0.05, 0.1) is 12.2 Å². The summed E-state index contributed by atoms with van der Waals surface area (Å²) >= 11 is 0. The summed E-state index contributed by atoms with van der Waals surface area (Å²) in [5, 5.41) is 11.6. The molecule has 0 fully saturated rings. The van der Waals surface area contributed by atoms with Crippen molar-refractivity contribution in [1.82, 2.24) is 4.98 Å². The fourth-order valence-corrected chi connectivity index (χ4v) is 2.94. The standard InChI is InChI=1S/C21H24N2O5/c1-12(2)11-27-16-7-14(8-17-15(16)9-21(3,4)28-17)19(24)23-18-6-5-13(10-22-18)20(25)26/h5-8,10,12H,9,11H2,1-4H3,(H,25,26)(H,22,23,24). The molecule has 0 unspecified atom stereocenters. The number of rotatable bonds is 6. The summed E-state index contributed by atoms with van der Waals surface area (Å²) in [5.74, 6) is 0.459. The molecule has 0 spiro atoms. The van der Waals surface area contributed by atoms with Crippen LogP contribution in [0, 0.1) is 5.92 Å². The van der Waals surface area contributed by atoms with E-state index in [4.69, 9.17) is 14.6 Å². The maximum absolute atomic E-state index is 12.7. The molecule has 1 amide bonds. The molecule has 2 N–H and O–H groups in total. The number of amides is 1. The van der Waals surface area contributed by atoms with Crippen LogP contribution in [0.2, 0.25) is 0 Å². The molecule has 0 radical (unpaired) electrons. The molecule has 0 saturated heterocycles. The third-order valence-electron chi connectivity index (χ3n) is 4.24. The van der Waals surface area contributed by atoms with Gasteiger partial charge >= 0.3 is 5.97 Å². The number of nitrogens with zero attached hydrogens (tertiary/aromatic N) is 1. The van der Waals surface area contributed by atoms with Gasteiger partial charge in [-0.05, 0) is 44.0 Å². The van der Waals surface area contributed by atoms with Gasteiger partial charge in [0.2, 0.25) is 0 Å². The first-order valence-corrected chi connectivity index (χ1v) is 9.14. The van der Waals surface area contributed by atoms with E-state index in [9.17, 15) is 9.59 Å². The van der Waals surface area contributed by atoms with Crippen LogP contribution in [-0.4, -0.2) is 34.2 Å². The molecular weight excluding hydrogens is 360 g/mol. The Hall–Kier alpha value is -3.09. The highest BCUT2D eigenvalue weighted by Crippen LogP contribution is 2.41. The summed E-state index contributed by atoms with van der Waals surface area (Å²) in [6, 6.07) is 6.25. The first kappa shape index (κ1) is 19.7. The van der Waals surface area contributed by atoms with Crippen LogP contribution in [0.15, 0.2) is 30.5 Å². The van der Waals surface area contributed by atoms with Crippen molar-refractivity contribution in [2.24, 2.45) is 5.92 Å². The van der Waals surface area contributed by atoms with Crippen LogP contribution < -0.4 is 14.8 Å². The summed E-state index contributed by atoms with van der Waals surface area (Å²) in [6.45, 7) is 8.64. The molecule has 0 bridgehead atoms. The lowest BCUT2D eigenvalue weighted by molar-refractivity contribution is 0.0696. The van der Waals surface area contributed by atoms with Gasteiger partial charge in [0.1, 0.15) is 22.9 Å². The Morgan fingerprint density at radius 3 is 2.64 bits per heavy atom.